The lowest BCUT2D eigenvalue weighted by molar-refractivity contribution is 0.175. The molecule has 0 radical (unpaired) electrons. The van der Waals surface area contributed by atoms with E-state index < -0.39 is 0 Å². The first-order chi connectivity index (χ1) is 7.45. The van der Waals surface area contributed by atoms with Crippen LogP contribution in [0, 0.1) is 5.82 Å². The molecule has 0 spiro atoms. The maximum Gasteiger partial charge on any atom is 0.127 e. The van der Waals surface area contributed by atoms with Crippen molar-refractivity contribution in [3.63, 3.8) is 0 Å². The largest absolute Gasteiger partial charge is 0.327 e. The predicted octanol–water partition coefficient (Wildman–Crippen LogP) is 2.55. The average Bonchev–Trinajstić information content (AvgIpc) is 2.26. The second kappa shape index (κ2) is 5.41. The Bertz CT molecular complexity index is 338. The monoisotopic (exact) mass is 224 g/mol. The highest BCUT2D eigenvalue weighted by Gasteiger charge is 2.21. The standard InChI is InChI=1S/C13H21FN2/c1-9(15)10(2)16(4)11(3)12-7-5-6-8-13(12)14/h5-11H,15H2,1-4H3. The van der Waals surface area contributed by atoms with Crippen molar-refractivity contribution in [2.45, 2.75) is 38.9 Å². The van der Waals surface area contributed by atoms with Crippen LogP contribution in [0.3, 0.4) is 0 Å². The van der Waals surface area contributed by atoms with E-state index in [-0.39, 0.29) is 23.9 Å². The molecule has 3 atom stereocenters. The van der Waals surface area contributed by atoms with Gasteiger partial charge in [0, 0.05) is 23.7 Å². The van der Waals surface area contributed by atoms with Gasteiger partial charge in [-0.1, -0.05) is 18.2 Å². The number of benzene rings is 1. The molecule has 0 aliphatic rings. The van der Waals surface area contributed by atoms with Gasteiger partial charge in [0.25, 0.3) is 0 Å². The first-order valence-electron chi connectivity index (χ1n) is 5.67. The van der Waals surface area contributed by atoms with Gasteiger partial charge in [-0.25, -0.2) is 4.39 Å². The second-order valence-electron chi connectivity index (χ2n) is 4.46. The number of rotatable bonds is 4. The molecule has 0 saturated heterocycles. The maximum absolute atomic E-state index is 13.6. The van der Waals surface area contributed by atoms with Crippen molar-refractivity contribution < 1.29 is 4.39 Å². The normalized spacial score (nSPS) is 17.2. The lowest BCUT2D eigenvalue weighted by Crippen LogP contribution is -2.43. The van der Waals surface area contributed by atoms with Gasteiger partial charge in [-0.15, -0.1) is 0 Å². The zero-order valence-corrected chi connectivity index (χ0v) is 10.4. The van der Waals surface area contributed by atoms with Crippen LogP contribution in [0.25, 0.3) is 0 Å². The molecule has 0 saturated carbocycles. The molecule has 0 heterocycles. The van der Waals surface area contributed by atoms with Crippen molar-refractivity contribution in [3.05, 3.63) is 35.6 Å². The molecule has 16 heavy (non-hydrogen) atoms. The van der Waals surface area contributed by atoms with E-state index >= 15 is 0 Å². The van der Waals surface area contributed by atoms with Gasteiger partial charge in [0.2, 0.25) is 0 Å². The number of hydrogen-bond donors (Lipinski definition) is 1. The summed E-state index contributed by atoms with van der Waals surface area (Å²) in [6.07, 6.45) is 0. The van der Waals surface area contributed by atoms with Crippen molar-refractivity contribution >= 4 is 0 Å². The Morgan fingerprint density at radius 2 is 1.75 bits per heavy atom. The Hall–Kier alpha value is -0.930. The summed E-state index contributed by atoms with van der Waals surface area (Å²) >= 11 is 0. The molecule has 3 unspecified atom stereocenters. The van der Waals surface area contributed by atoms with Crippen LogP contribution in [0.2, 0.25) is 0 Å². The van der Waals surface area contributed by atoms with Gasteiger partial charge in [0.05, 0.1) is 0 Å². The zero-order valence-electron chi connectivity index (χ0n) is 10.4. The van der Waals surface area contributed by atoms with Crippen LogP contribution in [-0.2, 0) is 0 Å². The fourth-order valence-electron chi connectivity index (χ4n) is 1.76. The minimum Gasteiger partial charge on any atom is -0.327 e. The lowest BCUT2D eigenvalue weighted by Gasteiger charge is -2.33. The van der Waals surface area contributed by atoms with E-state index in [1.54, 1.807) is 6.07 Å². The van der Waals surface area contributed by atoms with Crippen LogP contribution in [0.15, 0.2) is 24.3 Å². The Labute approximate surface area is 97.3 Å². The number of nitrogens with zero attached hydrogens (tertiary/aromatic N) is 1. The number of likely N-dealkylation sites (N-methyl/N-ethyl adjacent to an activating group) is 1. The van der Waals surface area contributed by atoms with E-state index in [0.717, 1.165) is 5.56 Å². The van der Waals surface area contributed by atoms with E-state index in [2.05, 4.69) is 11.8 Å². The summed E-state index contributed by atoms with van der Waals surface area (Å²) in [5, 5.41) is 0. The number of nitrogens with two attached hydrogens (primary N) is 1. The van der Waals surface area contributed by atoms with Crippen molar-refractivity contribution in [1.29, 1.82) is 0 Å². The molecule has 3 heteroatoms. The topological polar surface area (TPSA) is 29.3 Å². The van der Waals surface area contributed by atoms with Gasteiger partial charge >= 0.3 is 0 Å². The molecular weight excluding hydrogens is 203 g/mol. The minimum atomic E-state index is -0.154. The molecule has 0 bridgehead atoms. The predicted molar refractivity (Wildman–Crippen MR) is 65.7 cm³/mol. The van der Waals surface area contributed by atoms with Gasteiger partial charge in [-0.05, 0) is 33.9 Å². The van der Waals surface area contributed by atoms with Crippen molar-refractivity contribution in [1.82, 2.24) is 4.90 Å². The molecule has 1 aromatic rings. The van der Waals surface area contributed by atoms with Crippen LogP contribution in [-0.4, -0.2) is 24.0 Å². The molecule has 1 aromatic carbocycles. The maximum atomic E-state index is 13.6. The smallest absolute Gasteiger partial charge is 0.127 e. The highest BCUT2D eigenvalue weighted by Crippen LogP contribution is 2.23. The second-order valence-corrected chi connectivity index (χ2v) is 4.46. The lowest BCUT2D eigenvalue weighted by atomic mass is 10.0. The Balaban J connectivity index is 2.86. The fraction of sp³-hybridized carbons (Fsp3) is 0.538. The first kappa shape index (κ1) is 13.1. The summed E-state index contributed by atoms with van der Waals surface area (Å²) in [7, 11) is 1.98. The third-order valence-corrected chi connectivity index (χ3v) is 3.37. The Morgan fingerprint density at radius 1 is 1.19 bits per heavy atom. The molecule has 0 amide bonds. The molecule has 2 N–H and O–H groups in total. The van der Waals surface area contributed by atoms with E-state index in [9.17, 15) is 4.39 Å². The van der Waals surface area contributed by atoms with Gasteiger partial charge in [0.15, 0.2) is 0 Å². The summed E-state index contributed by atoms with van der Waals surface area (Å²) in [5.41, 5.74) is 6.58. The summed E-state index contributed by atoms with van der Waals surface area (Å²) in [4.78, 5) is 2.10. The van der Waals surface area contributed by atoms with Crippen LogP contribution >= 0.6 is 0 Å². The highest BCUT2D eigenvalue weighted by molar-refractivity contribution is 5.20. The molecule has 90 valence electrons. The minimum absolute atomic E-state index is 0.0298. The van der Waals surface area contributed by atoms with Crippen LogP contribution in [0.5, 0.6) is 0 Å². The molecule has 0 fully saturated rings. The molecule has 1 rings (SSSR count). The quantitative estimate of drug-likeness (QED) is 0.851. The van der Waals surface area contributed by atoms with E-state index in [4.69, 9.17) is 5.73 Å². The molecule has 0 aromatic heterocycles. The third kappa shape index (κ3) is 2.80. The fourth-order valence-corrected chi connectivity index (χ4v) is 1.76. The van der Waals surface area contributed by atoms with E-state index in [1.807, 2.05) is 33.0 Å². The van der Waals surface area contributed by atoms with Crippen molar-refractivity contribution in [3.8, 4) is 0 Å². The molecule has 0 aliphatic heterocycles. The number of hydrogen-bond acceptors (Lipinski definition) is 2. The zero-order chi connectivity index (χ0) is 12.3. The summed E-state index contributed by atoms with van der Waals surface area (Å²) < 4.78 is 13.6. The Kier molecular flexibility index (Phi) is 4.44. The van der Waals surface area contributed by atoms with Gasteiger partial charge in [0.1, 0.15) is 5.82 Å². The summed E-state index contributed by atoms with van der Waals surface area (Å²) in [5.74, 6) is -0.154. The summed E-state index contributed by atoms with van der Waals surface area (Å²) in [6.45, 7) is 6.02. The average molecular weight is 224 g/mol. The van der Waals surface area contributed by atoms with Gasteiger partial charge in [-0.2, -0.15) is 0 Å². The third-order valence-electron chi connectivity index (χ3n) is 3.37. The van der Waals surface area contributed by atoms with Crippen molar-refractivity contribution in [2.75, 3.05) is 7.05 Å². The number of halogens is 1. The van der Waals surface area contributed by atoms with Crippen LogP contribution in [0.1, 0.15) is 32.4 Å². The SMILES string of the molecule is CC(N)C(C)N(C)C(C)c1ccccc1F. The van der Waals surface area contributed by atoms with E-state index in [1.165, 1.54) is 6.07 Å². The summed E-state index contributed by atoms with van der Waals surface area (Å²) in [6, 6.07) is 7.21. The van der Waals surface area contributed by atoms with Gasteiger partial charge < -0.3 is 5.73 Å². The van der Waals surface area contributed by atoms with Crippen LogP contribution in [0.4, 0.5) is 4.39 Å². The van der Waals surface area contributed by atoms with Crippen molar-refractivity contribution in [2.24, 2.45) is 5.73 Å². The Morgan fingerprint density at radius 3 is 2.25 bits per heavy atom. The van der Waals surface area contributed by atoms with Crippen LogP contribution < -0.4 is 5.73 Å². The highest BCUT2D eigenvalue weighted by atomic mass is 19.1. The molecular formula is C13H21FN2. The molecule has 2 nitrogen and oxygen atoms in total. The van der Waals surface area contributed by atoms with Gasteiger partial charge in [-0.3, -0.25) is 4.90 Å². The van der Waals surface area contributed by atoms with E-state index in [0.29, 0.717) is 0 Å². The molecule has 0 aliphatic carbocycles. The first-order valence-corrected chi connectivity index (χ1v) is 5.67.